The van der Waals surface area contributed by atoms with E-state index in [0.29, 0.717) is 22.9 Å². The van der Waals surface area contributed by atoms with E-state index in [2.05, 4.69) is 0 Å². The van der Waals surface area contributed by atoms with Crippen LogP contribution in [-0.2, 0) is 12.8 Å². The summed E-state index contributed by atoms with van der Waals surface area (Å²) in [4.78, 5) is 0. The molecule has 2 aromatic carbocycles. The average Bonchev–Trinajstić information content (AvgIpc) is 2.35. The first kappa shape index (κ1) is 15.3. The van der Waals surface area contributed by atoms with Gasteiger partial charge >= 0.3 is 0 Å². The third-order valence-electron chi connectivity index (χ3n) is 3.08. The fourth-order valence-corrected chi connectivity index (χ4v) is 2.54. The minimum Gasteiger partial charge on any atom is -0.389 e. The lowest BCUT2D eigenvalue weighted by Gasteiger charge is -2.24. The topological polar surface area (TPSA) is 20.2 Å². The Morgan fingerprint density at radius 2 is 1.70 bits per heavy atom. The van der Waals surface area contributed by atoms with E-state index in [-0.39, 0.29) is 5.82 Å². The van der Waals surface area contributed by atoms with Crippen LogP contribution in [0.2, 0.25) is 10.0 Å². The molecule has 0 aliphatic heterocycles. The summed E-state index contributed by atoms with van der Waals surface area (Å²) < 4.78 is 13.0. The SMILES string of the molecule is CC(O)(Cc1ccc(Cl)cc1)Cc1ccc(F)cc1Cl. The molecule has 0 heterocycles. The summed E-state index contributed by atoms with van der Waals surface area (Å²) in [5.74, 6) is -0.379. The molecule has 20 heavy (non-hydrogen) atoms. The minimum atomic E-state index is -0.963. The molecule has 2 aromatic rings. The third kappa shape index (κ3) is 4.20. The normalized spacial score (nSPS) is 14.1. The van der Waals surface area contributed by atoms with Crippen LogP contribution in [0.1, 0.15) is 18.1 Å². The molecular formula is C16H15Cl2FO. The van der Waals surface area contributed by atoms with Gasteiger partial charge in [0, 0.05) is 22.9 Å². The molecule has 1 unspecified atom stereocenters. The predicted octanol–water partition coefficient (Wildman–Crippen LogP) is 4.67. The Morgan fingerprint density at radius 1 is 1.05 bits per heavy atom. The maximum absolute atomic E-state index is 13.0. The molecule has 0 bridgehead atoms. The Balaban J connectivity index is 2.12. The molecule has 0 aliphatic carbocycles. The zero-order valence-electron chi connectivity index (χ0n) is 11.0. The van der Waals surface area contributed by atoms with E-state index in [1.54, 1.807) is 25.1 Å². The lowest BCUT2D eigenvalue weighted by atomic mass is 9.90. The molecule has 1 nitrogen and oxygen atoms in total. The molecule has 0 fully saturated rings. The molecule has 0 aromatic heterocycles. The molecular weight excluding hydrogens is 298 g/mol. The molecule has 0 amide bonds. The Kier molecular flexibility index (Phi) is 4.69. The van der Waals surface area contributed by atoms with E-state index in [9.17, 15) is 9.50 Å². The van der Waals surface area contributed by atoms with Gasteiger partial charge in [0.1, 0.15) is 5.82 Å². The smallest absolute Gasteiger partial charge is 0.124 e. The average molecular weight is 313 g/mol. The van der Waals surface area contributed by atoms with Crippen LogP contribution in [0.5, 0.6) is 0 Å². The van der Waals surface area contributed by atoms with Crippen molar-refractivity contribution in [3.05, 3.63) is 69.5 Å². The van der Waals surface area contributed by atoms with Gasteiger partial charge in [-0.15, -0.1) is 0 Å². The monoisotopic (exact) mass is 312 g/mol. The van der Waals surface area contributed by atoms with Crippen LogP contribution in [0.3, 0.4) is 0 Å². The molecule has 0 saturated heterocycles. The highest BCUT2D eigenvalue weighted by Crippen LogP contribution is 2.25. The molecule has 4 heteroatoms. The van der Waals surface area contributed by atoms with Crippen molar-refractivity contribution in [2.45, 2.75) is 25.4 Å². The van der Waals surface area contributed by atoms with Crippen LogP contribution in [-0.4, -0.2) is 10.7 Å². The number of aliphatic hydroxyl groups is 1. The van der Waals surface area contributed by atoms with E-state index in [4.69, 9.17) is 23.2 Å². The third-order valence-corrected chi connectivity index (χ3v) is 3.69. The highest BCUT2D eigenvalue weighted by Gasteiger charge is 2.23. The molecule has 0 aliphatic rings. The van der Waals surface area contributed by atoms with E-state index >= 15 is 0 Å². The summed E-state index contributed by atoms with van der Waals surface area (Å²) in [6.07, 6.45) is 0.826. The zero-order chi connectivity index (χ0) is 14.8. The molecule has 0 radical (unpaired) electrons. The van der Waals surface area contributed by atoms with Gasteiger partial charge in [-0.3, -0.25) is 0 Å². The number of rotatable bonds is 4. The first-order chi connectivity index (χ1) is 9.35. The van der Waals surface area contributed by atoms with Crippen LogP contribution in [0.25, 0.3) is 0 Å². The summed E-state index contributed by atoms with van der Waals surface area (Å²) in [6, 6.07) is 11.5. The predicted molar refractivity (Wildman–Crippen MR) is 80.9 cm³/mol. The number of halogens is 3. The first-order valence-corrected chi connectivity index (χ1v) is 7.02. The van der Waals surface area contributed by atoms with Crippen molar-refractivity contribution in [1.29, 1.82) is 0 Å². The number of hydrogen-bond donors (Lipinski definition) is 1. The Hall–Kier alpha value is -1.09. The highest BCUT2D eigenvalue weighted by atomic mass is 35.5. The zero-order valence-corrected chi connectivity index (χ0v) is 12.5. The molecule has 1 atom stereocenters. The van der Waals surface area contributed by atoms with Gasteiger partial charge in [-0.1, -0.05) is 41.4 Å². The summed E-state index contributed by atoms with van der Waals surface area (Å²) in [5, 5.41) is 11.5. The summed E-state index contributed by atoms with van der Waals surface area (Å²) in [5.41, 5.74) is 0.750. The summed E-state index contributed by atoms with van der Waals surface area (Å²) in [7, 11) is 0. The van der Waals surface area contributed by atoms with E-state index in [0.717, 1.165) is 11.1 Å². The Morgan fingerprint density at radius 3 is 2.30 bits per heavy atom. The van der Waals surface area contributed by atoms with Crippen LogP contribution in [0.15, 0.2) is 42.5 Å². The Bertz CT molecular complexity index is 594. The lowest BCUT2D eigenvalue weighted by molar-refractivity contribution is 0.0608. The van der Waals surface area contributed by atoms with Crippen molar-refractivity contribution in [2.75, 3.05) is 0 Å². The standard InChI is InChI=1S/C16H15Cl2FO/c1-16(20,9-11-2-5-13(17)6-3-11)10-12-4-7-14(19)8-15(12)18/h2-8,20H,9-10H2,1H3. The van der Waals surface area contributed by atoms with Crippen LogP contribution < -0.4 is 0 Å². The molecule has 0 saturated carbocycles. The van der Waals surface area contributed by atoms with E-state index in [1.165, 1.54) is 12.1 Å². The van der Waals surface area contributed by atoms with Crippen LogP contribution in [0.4, 0.5) is 4.39 Å². The van der Waals surface area contributed by atoms with Gasteiger partial charge in [-0.05, 0) is 42.3 Å². The van der Waals surface area contributed by atoms with Gasteiger partial charge < -0.3 is 5.11 Å². The second kappa shape index (κ2) is 6.13. The number of benzene rings is 2. The van der Waals surface area contributed by atoms with Crippen LogP contribution in [0, 0.1) is 5.82 Å². The van der Waals surface area contributed by atoms with E-state index in [1.807, 2.05) is 12.1 Å². The second-order valence-corrected chi connectivity index (χ2v) is 6.06. The number of hydrogen-bond acceptors (Lipinski definition) is 1. The minimum absolute atomic E-state index is 0.335. The van der Waals surface area contributed by atoms with Crippen LogP contribution >= 0.6 is 23.2 Å². The quantitative estimate of drug-likeness (QED) is 0.870. The summed E-state index contributed by atoms with van der Waals surface area (Å²) >= 11 is 11.8. The molecule has 1 N–H and O–H groups in total. The maximum atomic E-state index is 13.0. The second-order valence-electron chi connectivity index (χ2n) is 5.21. The van der Waals surface area contributed by atoms with Crippen molar-refractivity contribution in [2.24, 2.45) is 0 Å². The molecule has 2 rings (SSSR count). The van der Waals surface area contributed by atoms with Gasteiger partial charge in [0.15, 0.2) is 0 Å². The largest absolute Gasteiger partial charge is 0.389 e. The van der Waals surface area contributed by atoms with Crippen molar-refractivity contribution >= 4 is 23.2 Å². The molecule has 0 spiro atoms. The Labute approximate surface area is 128 Å². The van der Waals surface area contributed by atoms with Crippen molar-refractivity contribution in [3.8, 4) is 0 Å². The van der Waals surface area contributed by atoms with Gasteiger partial charge in [0.2, 0.25) is 0 Å². The summed E-state index contributed by atoms with van der Waals surface area (Å²) in [6.45, 7) is 1.74. The first-order valence-electron chi connectivity index (χ1n) is 6.26. The van der Waals surface area contributed by atoms with Gasteiger partial charge in [0.05, 0.1) is 5.60 Å². The fourth-order valence-electron chi connectivity index (χ4n) is 2.18. The van der Waals surface area contributed by atoms with Crippen molar-refractivity contribution < 1.29 is 9.50 Å². The highest BCUT2D eigenvalue weighted by molar-refractivity contribution is 6.31. The van der Waals surface area contributed by atoms with Gasteiger partial charge in [-0.2, -0.15) is 0 Å². The van der Waals surface area contributed by atoms with Crippen molar-refractivity contribution in [1.82, 2.24) is 0 Å². The van der Waals surface area contributed by atoms with Gasteiger partial charge in [0.25, 0.3) is 0 Å². The van der Waals surface area contributed by atoms with Crippen molar-refractivity contribution in [3.63, 3.8) is 0 Å². The molecule has 106 valence electrons. The lowest BCUT2D eigenvalue weighted by Crippen LogP contribution is -2.30. The fraction of sp³-hybridized carbons (Fsp3) is 0.250. The van der Waals surface area contributed by atoms with Gasteiger partial charge in [-0.25, -0.2) is 4.39 Å². The van der Waals surface area contributed by atoms with E-state index < -0.39 is 5.60 Å². The maximum Gasteiger partial charge on any atom is 0.124 e.